The normalized spacial score (nSPS) is 23.5. The van der Waals surface area contributed by atoms with Crippen LogP contribution in [0.1, 0.15) is 26.3 Å². The number of anilines is 2. The fraction of sp³-hybridized carbons (Fsp3) is 0.484. The first-order chi connectivity index (χ1) is 31.0. The van der Waals surface area contributed by atoms with Gasteiger partial charge in [0.1, 0.15) is 48.5 Å². The first-order valence-corrected chi connectivity index (χ1v) is 27.7. The zero-order valence-electron chi connectivity index (χ0n) is 34.0. The first kappa shape index (κ1) is 54.5. The SMILES string of the molecule is CCOP(=S)(OCC)SCSc1cc(Cl)ccc1Cl.Nc1nc2c(ncn2[C@@H]2O[C@H](COP(=O)(O)O)[C@@H](O)[C@H]2O)c(=O)[nH]1.Nc1ncnc2c1ncn2[C@@H]1O[C@H](COP(=O)(O)O)[C@@H](O)[C@H]1O. The number of rotatable bonds is 16. The number of fused-ring (bicyclic) bond motifs is 2. The summed E-state index contributed by atoms with van der Waals surface area (Å²) in [4.78, 5) is 69.3. The standard InChI is InChI=1S/C11H15Cl2O2PS3.C10H14N5O8P.C10H14N5O7P/c1-3-14-16(17,15-4-2)19-8-18-11-7-9(12)5-6-10(11)13;11-10-13-7-4(8(18)14-10)12-2-15(7)9-6(17)5(16)3(23-9)1-22-24(19,20)21;11-8-5-9(13-2-12-8)15(3-14-5)10-7(17)6(16)4(22-10)1-21-23(18,19)20/h5-7H,3-4,8H2,1-2H3;2-3,5-6,9,16-17H,1H2,(H2,19,20,21)(H3,11,13,14,18);2-4,6-7,10,16-17H,1H2,(H2,11,12,13)(H2,18,19,20)/t;3-,5-,6-,9-;4-,6-,7-,10-/m.11/s1. The van der Waals surface area contributed by atoms with Gasteiger partial charge in [-0.05, 0) is 43.9 Å². The number of H-pyrrole nitrogens is 1. The zero-order valence-corrected chi connectivity index (χ0v) is 40.6. The molecular formula is C31H43Cl2N10O17P3S3. The maximum atomic E-state index is 11.7. The Balaban J connectivity index is 0.000000187. The molecule has 2 aliphatic rings. The molecule has 8 atom stereocenters. The summed E-state index contributed by atoms with van der Waals surface area (Å²) in [5.41, 5.74) is 8.86. The molecule has 0 unspecified atom stereocenters. The Labute approximate surface area is 395 Å². The highest BCUT2D eigenvalue weighted by molar-refractivity contribution is 8.69. The molecule has 2 fully saturated rings. The van der Waals surface area contributed by atoms with E-state index in [1.165, 1.54) is 39.5 Å². The van der Waals surface area contributed by atoms with Crippen LogP contribution in [0.2, 0.25) is 10.0 Å². The Bertz CT molecular complexity index is 2640. The van der Waals surface area contributed by atoms with Gasteiger partial charge in [-0.25, -0.2) is 29.1 Å². The van der Waals surface area contributed by atoms with E-state index in [1.807, 2.05) is 19.9 Å². The lowest BCUT2D eigenvalue weighted by atomic mass is 10.1. The van der Waals surface area contributed by atoms with Crippen molar-refractivity contribution in [2.45, 2.75) is 67.8 Å². The molecular weight excluding hydrogens is 1040 g/mol. The number of nitrogens with one attached hydrogen (secondary N) is 1. The predicted octanol–water partition coefficient (Wildman–Crippen LogP) is 1.64. The molecule has 27 nitrogen and oxygen atoms in total. The molecule has 0 spiro atoms. The number of nitrogens with zero attached hydrogens (tertiary/aromatic N) is 7. The van der Waals surface area contributed by atoms with Crippen molar-refractivity contribution in [1.82, 2.24) is 39.0 Å². The van der Waals surface area contributed by atoms with Crippen LogP contribution in [-0.2, 0) is 48.5 Å². The summed E-state index contributed by atoms with van der Waals surface area (Å²) >= 11 is 20.6. The quantitative estimate of drug-likeness (QED) is 0.0380. The molecule has 13 N–H and O–H groups in total. The lowest BCUT2D eigenvalue weighted by molar-refractivity contribution is -0.0504. The van der Waals surface area contributed by atoms with Crippen LogP contribution in [0.25, 0.3) is 22.3 Å². The number of phosphoric acid groups is 2. The number of nitrogen functional groups attached to an aromatic ring is 2. The van der Waals surface area contributed by atoms with Gasteiger partial charge in [-0.15, -0.1) is 11.8 Å². The summed E-state index contributed by atoms with van der Waals surface area (Å²) in [6.45, 7) is 3.72. The van der Waals surface area contributed by atoms with Crippen molar-refractivity contribution in [3.63, 3.8) is 0 Å². The second kappa shape index (κ2) is 23.4. The summed E-state index contributed by atoms with van der Waals surface area (Å²) < 4.78 is 54.5. The van der Waals surface area contributed by atoms with Gasteiger partial charge >= 0.3 is 15.6 Å². The molecule has 0 aliphatic carbocycles. The number of phosphoric ester groups is 2. The Morgan fingerprint density at radius 3 is 1.86 bits per heavy atom. The van der Waals surface area contributed by atoms with Gasteiger partial charge in [-0.1, -0.05) is 34.6 Å². The largest absolute Gasteiger partial charge is 0.469 e. The lowest BCUT2D eigenvalue weighted by Crippen LogP contribution is -2.33. The van der Waals surface area contributed by atoms with Crippen molar-refractivity contribution in [2.75, 3.05) is 43.0 Å². The van der Waals surface area contributed by atoms with E-state index < -0.39 is 89.2 Å². The summed E-state index contributed by atoms with van der Waals surface area (Å²) in [5.74, 6) is -0.0353. The van der Waals surface area contributed by atoms with E-state index in [1.54, 1.807) is 23.9 Å². The first-order valence-electron chi connectivity index (χ1n) is 18.7. The number of aromatic amines is 1. The highest BCUT2D eigenvalue weighted by Gasteiger charge is 2.46. The Hall–Kier alpha value is -2.45. The number of nitrogens with two attached hydrogens (primary N) is 2. The van der Waals surface area contributed by atoms with E-state index in [4.69, 9.17) is 84.6 Å². The number of aromatic nitrogens is 8. The third-order valence-electron chi connectivity index (χ3n) is 8.77. The van der Waals surface area contributed by atoms with E-state index in [9.17, 15) is 34.4 Å². The van der Waals surface area contributed by atoms with Gasteiger partial charge in [-0.3, -0.25) is 28.0 Å². The number of benzene rings is 1. The number of aliphatic hydroxyl groups is 4. The van der Waals surface area contributed by atoms with Crippen molar-refractivity contribution in [2.24, 2.45) is 0 Å². The average molecular weight is 1090 g/mol. The predicted molar refractivity (Wildman–Crippen MR) is 242 cm³/mol. The van der Waals surface area contributed by atoms with Crippen molar-refractivity contribution < 1.29 is 76.7 Å². The lowest BCUT2D eigenvalue weighted by Gasteiger charge is -2.19. The molecule has 2 saturated heterocycles. The van der Waals surface area contributed by atoms with Crippen LogP contribution in [0.15, 0.2) is 46.9 Å². The number of aliphatic hydroxyl groups excluding tert-OH is 4. The van der Waals surface area contributed by atoms with Crippen LogP contribution >= 0.6 is 67.7 Å². The second-order valence-corrected chi connectivity index (χ2v) is 24.3. The van der Waals surface area contributed by atoms with Crippen molar-refractivity contribution >= 4 is 114 Å². The minimum atomic E-state index is -4.76. The van der Waals surface area contributed by atoms with Gasteiger partial charge in [0.25, 0.3) is 5.56 Å². The van der Waals surface area contributed by atoms with Gasteiger partial charge in [0.05, 0.1) is 49.2 Å². The van der Waals surface area contributed by atoms with E-state index >= 15 is 0 Å². The topological polar surface area (TPSA) is 411 Å². The smallest absolute Gasteiger partial charge is 0.387 e. The van der Waals surface area contributed by atoms with E-state index in [2.05, 4.69) is 39.0 Å². The van der Waals surface area contributed by atoms with Gasteiger partial charge < -0.3 is 70.0 Å². The summed E-state index contributed by atoms with van der Waals surface area (Å²) in [6, 6.07) is 5.41. The summed E-state index contributed by atoms with van der Waals surface area (Å²) in [7, 11) is -9.48. The van der Waals surface area contributed by atoms with Crippen LogP contribution in [0.4, 0.5) is 11.8 Å². The van der Waals surface area contributed by atoms with Crippen molar-refractivity contribution in [3.8, 4) is 0 Å². The van der Waals surface area contributed by atoms with Crippen LogP contribution < -0.4 is 17.0 Å². The minimum Gasteiger partial charge on any atom is -0.387 e. The van der Waals surface area contributed by atoms with Crippen LogP contribution in [0, 0.1) is 0 Å². The number of imidazole rings is 2. The average Bonchev–Trinajstić information content (AvgIpc) is 3.99. The molecule has 0 amide bonds. The number of hydrogen-bond acceptors (Lipinski definition) is 23. The summed E-state index contributed by atoms with van der Waals surface area (Å²) in [5, 5.41) is 42.2. The number of thioether (sulfide) groups is 1. The molecule has 5 aromatic rings. The van der Waals surface area contributed by atoms with E-state index in [0.29, 0.717) is 28.8 Å². The van der Waals surface area contributed by atoms with Gasteiger partial charge in [-0.2, -0.15) is 4.98 Å². The zero-order chi connectivity index (χ0) is 48.7. The molecule has 35 heteroatoms. The Kier molecular flexibility index (Phi) is 19.4. The fourth-order valence-corrected chi connectivity index (χ4v) is 14.1. The van der Waals surface area contributed by atoms with E-state index in [0.717, 1.165) is 9.98 Å². The Morgan fingerprint density at radius 2 is 1.33 bits per heavy atom. The van der Waals surface area contributed by atoms with E-state index in [-0.39, 0.29) is 28.6 Å². The monoisotopic (exact) mass is 1090 g/mol. The molecule has 66 heavy (non-hydrogen) atoms. The van der Waals surface area contributed by atoms with Gasteiger partial charge in [0.2, 0.25) is 11.6 Å². The van der Waals surface area contributed by atoms with Crippen LogP contribution in [0.3, 0.4) is 0 Å². The molecule has 0 saturated carbocycles. The Morgan fingerprint density at radius 1 is 0.803 bits per heavy atom. The highest BCUT2D eigenvalue weighted by Crippen LogP contribution is 2.62. The van der Waals surface area contributed by atoms with Crippen LogP contribution in [0.5, 0.6) is 0 Å². The summed E-state index contributed by atoms with van der Waals surface area (Å²) in [6.07, 6.45) is -6.71. The maximum absolute atomic E-state index is 11.7. The maximum Gasteiger partial charge on any atom is 0.469 e. The second-order valence-electron chi connectivity index (χ2n) is 13.3. The third kappa shape index (κ3) is 14.3. The molecule has 1 aromatic carbocycles. The molecule has 2 aliphatic heterocycles. The molecule has 0 radical (unpaired) electrons. The number of halogens is 2. The molecule has 7 rings (SSSR count). The number of ether oxygens (including phenoxy) is 2. The molecule has 6 heterocycles. The van der Waals surface area contributed by atoms with Crippen molar-refractivity contribution in [1.29, 1.82) is 0 Å². The molecule has 4 aromatic heterocycles. The van der Waals surface area contributed by atoms with Crippen molar-refractivity contribution in [3.05, 3.63) is 57.6 Å². The highest BCUT2D eigenvalue weighted by atomic mass is 35.5. The van der Waals surface area contributed by atoms with Crippen LogP contribution in [-0.4, -0.2) is 147 Å². The van der Waals surface area contributed by atoms with Gasteiger partial charge in [0.15, 0.2) is 35.1 Å². The minimum absolute atomic E-state index is 0.0176. The van der Waals surface area contributed by atoms with Gasteiger partial charge in [0, 0.05) is 9.92 Å². The fourth-order valence-electron chi connectivity index (χ4n) is 5.89. The third-order valence-corrected chi connectivity index (χ3v) is 17.5. The number of hydrogen-bond donors (Lipinski definition) is 11. The molecule has 0 bridgehead atoms. The molecule has 366 valence electrons.